The number of carboxylic acid groups (broad SMARTS) is 3. The lowest BCUT2D eigenvalue weighted by atomic mass is 10.0. The van der Waals surface area contributed by atoms with E-state index in [2.05, 4.69) is 20.9 Å². The summed E-state index contributed by atoms with van der Waals surface area (Å²) in [5, 5.41) is 33.9. The highest BCUT2D eigenvalue weighted by atomic mass is 16.4. The number of hydrogen-bond acceptors (Lipinski definition) is 8. The zero-order chi connectivity index (χ0) is 28.7. The topological polar surface area (TPSA) is 290 Å². The van der Waals surface area contributed by atoms with Crippen LogP contribution in [0, 0.1) is 5.92 Å². The van der Waals surface area contributed by atoms with E-state index in [-0.39, 0.29) is 50.5 Å². The Morgan fingerprint density at radius 3 is 1.81 bits per heavy atom. The van der Waals surface area contributed by atoms with Crippen LogP contribution in [0.4, 0.5) is 0 Å². The number of amides is 3. The standard InChI is InChI=1S/C21H37N7O9/c1-10(2)8-13(27-17(33)11(22)5-6-15(29)30)19(35)26-12(4-3-7-25-21(23)24)18(34)28-14(20(36)37)9-16(31)32/h10-14H,3-9,22H2,1-2H3,(H,26,35)(H,27,33)(H,28,34)(H,29,30)(H,31,32)(H,36,37)(H4,23,24,25). The Morgan fingerprint density at radius 1 is 0.784 bits per heavy atom. The minimum absolute atomic E-state index is 0.0474. The molecule has 0 aromatic heterocycles. The summed E-state index contributed by atoms with van der Waals surface area (Å²) in [6.07, 6.45) is -1.12. The number of nitrogens with zero attached hydrogens (tertiary/aromatic N) is 1. The number of aliphatic imine (C=N–C) groups is 1. The van der Waals surface area contributed by atoms with E-state index >= 15 is 0 Å². The third-order valence-electron chi connectivity index (χ3n) is 4.92. The van der Waals surface area contributed by atoms with Gasteiger partial charge in [0.05, 0.1) is 12.5 Å². The fourth-order valence-corrected chi connectivity index (χ4v) is 3.08. The van der Waals surface area contributed by atoms with Gasteiger partial charge in [-0.05, 0) is 31.6 Å². The predicted molar refractivity (Wildman–Crippen MR) is 130 cm³/mol. The van der Waals surface area contributed by atoms with Crippen LogP contribution in [0.5, 0.6) is 0 Å². The first-order valence-electron chi connectivity index (χ1n) is 11.5. The van der Waals surface area contributed by atoms with Crippen molar-refractivity contribution >= 4 is 41.6 Å². The Bertz CT molecular complexity index is 859. The number of aliphatic carboxylic acids is 3. The molecule has 37 heavy (non-hydrogen) atoms. The molecule has 3 amide bonds. The highest BCUT2D eigenvalue weighted by Crippen LogP contribution is 2.08. The van der Waals surface area contributed by atoms with E-state index in [0.717, 1.165) is 0 Å². The summed E-state index contributed by atoms with van der Waals surface area (Å²) in [6, 6.07) is -5.40. The molecular weight excluding hydrogens is 494 g/mol. The van der Waals surface area contributed by atoms with E-state index in [0.29, 0.717) is 0 Å². The zero-order valence-corrected chi connectivity index (χ0v) is 20.8. The minimum Gasteiger partial charge on any atom is -0.481 e. The number of carboxylic acids is 3. The molecule has 12 N–H and O–H groups in total. The number of carbonyl (C=O) groups is 6. The maximum Gasteiger partial charge on any atom is 0.326 e. The van der Waals surface area contributed by atoms with Crippen molar-refractivity contribution in [3.8, 4) is 0 Å². The van der Waals surface area contributed by atoms with Crippen LogP contribution in [0.3, 0.4) is 0 Å². The number of nitrogens with two attached hydrogens (primary N) is 3. The average molecular weight is 532 g/mol. The van der Waals surface area contributed by atoms with Crippen molar-refractivity contribution in [3.05, 3.63) is 0 Å². The smallest absolute Gasteiger partial charge is 0.326 e. The van der Waals surface area contributed by atoms with Crippen molar-refractivity contribution in [3.63, 3.8) is 0 Å². The zero-order valence-electron chi connectivity index (χ0n) is 20.8. The Labute approximate surface area is 213 Å². The highest BCUT2D eigenvalue weighted by molar-refractivity contribution is 5.94. The lowest BCUT2D eigenvalue weighted by molar-refractivity contribution is -0.147. The van der Waals surface area contributed by atoms with Crippen molar-refractivity contribution in [2.75, 3.05) is 6.54 Å². The van der Waals surface area contributed by atoms with Gasteiger partial charge in [-0.2, -0.15) is 0 Å². The number of hydrogen-bond donors (Lipinski definition) is 9. The van der Waals surface area contributed by atoms with Gasteiger partial charge in [-0.25, -0.2) is 4.79 Å². The van der Waals surface area contributed by atoms with Crippen molar-refractivity contribution in [1.82, 2.24) is 16.0 Å². The lowest BCUT2D eigenvalue weighted by Gasteiger charge is -2.26. The average Bonchev–Trinajstić information content (AvgIpc) is 2.77. The Kier molecular flexibility index (Phi) is 14.9. The van der Waals surface area contributed by atoms with Crippen molar-refractivity contribution in [2.45, 2.75) is 76.5 Å². The molecule has 16 heteroatoms. The van der Waals surface area contributed by atoms with Crippen LogP contribution in [0.2, 0.25) is 0 Å². The van der Waals surface area contributed by atoms with Crippen LogP contribution in [0.25, 0.3) is 0 Å². The Hall–Kier alpha value is -3.95. The third kappa shape index (κ3) is 14.9. The van der Waals surface area contributed by atoms with Crippen molar-refractivity contribution in [2.24, 2.45) is 28.1 Å². The minimum atomic E-state index is -1.75. The van der Waals surface area contributed by atoms with Gasteiger partial charge in [-0.1, -0.05) is 13.8 Å². The summed E-state index contributed by atoms with van der Waals surface area (Å²) in [6.45, 7) is 3.64. The van der Waals surface area contributed by atoms with Gasteiger partial charge >= 0.3 is 17.9 Å². The number of nitrogens with one attached hydrogen (secondary N) is 3. The molecule has 0 aromatic rings. The SMILES string of the molecule is CC(C)CC(NC(=O)C(N)CCC(=O)O)C(=O)NC(CCCN=C(N)N)C(=O)NC(CC(=O)O)C(=O)O. The van der Waals surface area contributed by atoms with Gasteiger partial charge in [0.2, 0.25) is 17.7 Å². The molecule has 0 rings (SSSR count). The van der Waals surface area contributed by atoms with Crippen molar-refractivity contribution < 1.29 is 44.1 Å². The molecule has 16 nitrogen and oxygen atoms in total. The molecule has 4 unspecified atom stereocenters. The molecule has 0 spiro atoms. The normalized spacial score (nSPS) is 13.9. The van der Waals surface area contributed by atoms with Gasteiger partial charge < -0.3 is 48.5 Å². The maximum absolute atomic E-state index is 13.0. The summed E-state index contributed by atoms with van der Waals surface area (Å²) in [5.41, 5.74) is 16.2. The molecule has 0 radical (unpaired) electrons. The molecule has 4 atom stereocenters. The second-order valence-electron chi connectivity index (χ2n) is 8.74. The van der Waals surface area contributed by atoms with Crippen LogP contribution < -0.4 is 33.2 Å². The molecule has 0 aromatic carbocycles. The molecule has 0 aliphatic heterocycles. The first-order valence-corrected chi connectivity index (χ1v) is 11.5. The van der Waals surface area contributed by atoms with Gasteiger partial charge in [0.1, 0.15) is 18.1 Å². The molecule has 0 fully saturated rings. The maximum atomic E-state index is 13.0. The van der Waals surface area contributed by atoms with E-state index in [1.807, 2.05) is 0 Å². The van der Waals surface area contributed by atoms with E-state index in [1.165, 1.54) is 0 Å². The van der Waals surface area contributed by atoms with E-state index in [9.17, 15) is 33.9 Å². The summed E-state index contributed by atoms with van der Waals surface area (Å²) in [4.78, 5) is 75.1. The van der Waals surface area contributed by atoms with Gasteiger partial charge in [0.25, 0.3) is 0 Å². The first kappa shape index (κ1) is 33.0. The summed E-state index contributed by atoms with van der Waals surface area (Å²) >= 11 is 0. The van der Waals surface area contributed by atoms with Gasteiger partial charge in [0, 0.05) is 13.0 Å². The molecule has 0 heterocycles. The number of carbonyl (C=O) groups excluding carboxylic acids is 3. The third-order valence-corrected chi connectivity index (χ3v) is 4.92. The van der Waals surface area contributed by atoms with Gasteiger partial charge in [-0.15, -0.1) is 0 Å². The monoisotopic (exact) mass is 531 g/mol. The molecule has 0 aliphatic rings. The fourth-order valence-electron chi connectivity index (χ4n) is 3.08. The molecule has 0 aliphatic carbocycles. The highest BCUT2D eigenvalue weighted by Gasteiger charge is 2.31. The number of guanidine groups is 1. The molecular formula is C21H37N7O9. The summed E-state index contributed by atoms with van der Waals surface area (Å²) in [7, 11) is 0. The molecule has 0 saturated heterocycles. The van der Waals surface area contributed by atoms with Crippen LogP contribution in [0.15, 0.2) is 4.99 Å². The summed E-state index contributed by atoms with van der Waals surface area (Å²) < 4.78 is 0. The second kappa shape index (κ2) is 16.7. The Morgan fingerprint density at radius 2 is 1.32 bits per heavy atom. The predicted octanol–water partition coefficient (Wildman–Crippen LogP) is -2.71. The molecule has 0 bridgehead atoms. The van der Waals surface area contributed by atoms with Gasteiger partial charge in [-0.3, -0.25) is 29.0 Å². The second-order valence-corrected chi connectivity index (χ2v) is 8.74. The van der Waals surface area contributed by atoms with E-state index in [1.54, 1.807) is 13.8 Å². The van der Waals surface area contributed by atoms with Crippen LogP contribution >= 0.6 is 0 Å². The molecule has 210 valence electrons. The van der Waals surface area contributed by atoms with Crippen LogP contribution in [0.1, 0.15) is 52.4 Å². The van der Waals surface area contributed by atoms with Gasteiger partial charge in [0.15, 0.2) is 5.96 Å². The lowest BCUT2D eigenvalue weighted by Crippen LogP contribution is -2.57. The van der Waals surface area contributed by atoms with Crippen LogP contribution in [-0.2, 0) is 28.8 Å². The largest absolute Gasteiger partial charge is 0.481 e. The van der Waals surface area contributed by atoms with Crippen molar-refractivity contribution in [1.29, 1.82) is 0 Å². The van der Waals surface area contributed by atoms with E-state index < -0.39 is 66.2 Å². The first-order chi connectivity index (χ1) is 17.1. The van der Waals surface area contributed by atoms with Crippen LogP contribution in [-0.4, -0.2) is 87.6 Å². The fraction of sp³-hybridized carbons (Fsp3) is 0.667. The molecule has 0 saturated carbocycles. The Balaban J connectivity index is 5.64. The quantitative estimate of drug-likeness (QED) is 0.0495. The van der Waals surface area contributed by atoms with E-state index in [4.69, 9.17) is 27.4 Å². The number of rotatable bonds is 18. The summed E-state index contributed by atoms with van der Waals surface area (Å²) in [5.74, 6) is -6.97.